The van der Waals surface area contributed by atoms with Crippen molar-refractivity contribution < 1.29 is 33.3 Å². The van der Waals surface area contributed by atoms with Crippen LogP contribution in [0.3, 0.4) is 0 Å². The number of aryl methyl sites for hydroxylation is 2. The van der Waals surface area contributed by atoms with E-state index in [1.807, 2.05) is 43.0 Å². The number of carbonyl (C=O) groups is 3. The molecule has 0 saturated carbocycles. The van der Waals surface area contributed by atoms with Crippen molar-refractivity contribution in [2.24, 2.45) is 0 Å². The summed E-state index contributed by atoms with van der Waals surface area (Å²) in [5, 5.41) is 19.0. The lowest BCUT2D eigenvalue weighted by Crippen LogP contribution is -2.47. The fourth-order valence-electron chi connectivity index (χ4n) is 6.95. The van der Waals surface area contributed by atoms with Crippen LogP contribution in [-0.4, -0.2) is 149 Å². The molecular formula is C43H53Cl2N11O7S. The lowest BCUT2D eigenvalue weighted by molar-refractivity contribution is -0.120. The van der Waals surface area contributed by atoms with Gasteiger partial charge >= 0.3 is 0 Å². The van der Waals surface area contributed by atoms with E-state index in [2.05, 4.69) is 46.8 Å². The first-order valence-electron chi connectivity index (χ1n) is 21.0. The molecule has 3 N–H and O–H groups in total. The molecule has 21 heteroatoms. The highest BCUT2D eigenvalue weighted by Crippen LogP contribution is 2.35. The van der Waals surface area contributed by atoms with Crippen LogP contribution in [0.1, 0.15) is 27.5 Å². The third kappa shape index (κ3) is 14.1. The SMILES string of the molecule is Cc1nc(Nc2ncc(C(=O)Nc3c(C)cccc3Cl)s2)cc(N2CCN(CCOCCOCCOCCNC(=O)CN3CCOc4cc(N(CCC#N)C(=O)CCl)ccc43)CC2)n1. The average molecular weight is 939 g/mol. The first-order chi connectivity index (χ1) is 31.1. The van der Waals surface area contributed by atoms with Gasteiger partial charge in [-0.3, -0.25) is 19.3 Å². The van der Waals surface area contributed by atoms with E-state index in [0.717, 1.165) is 49.8 Å². The summed E-state index contributed by atoms with van der Waals surface area (Å²) in [6, 6.07) is 14.7. The van der Waals surface area contributed by atoms with Crippen molar-refractivity contribution in [2.75, 3.05) is 136 Å². The second kappa shape index (κ2) is 24.7. The number of aromatic nitrogens is 3. The molecule has 3 amide bonds. The highest BCUT2D eigenvalue weighted by atomic mass is 35.5. The molecule has 342 valence electrons. The molecule has 4 aromatic rings. The molecule has 1 fully saturated rings. The molecule has 0 bridgehead atoms. The predicted octanol–water partition coefficient (Wildman–Crippen LogP) is 4.87. The molecule has 6 rings (SSSR count). The van der Waals surface area contributed by atoms with Crippen molar-refractivity contribution in [2.45, 2.75) is 20.3 Å². The zero-order chi connectivity index (χ0) is 45.3. The Kier molecular flexibility index (Phi) is 18.5. The van der Waals surface area contributed by atoms with Crippen LogP contribution in [-0.2, 0) is 23.8 Å². The number of anilines is 6. The molecular weight excluding hydrogens is 886 g/mol. The first-order valence-corrected chi connectivity index (χ1v) is 22.7. The minimum absolute atomic E-state index is 0.143. The number of para-hydroxylation sites is 1. The molecule has 1 saturated heterocycles. The second-order valence-electron chi connectivity index (χ2n) is 14.7. The second-order valence-corrected chi connectivity index (χ2v) is 16.4. The number of nitriles is 1. The van der Waals surface area contributed by atoms with Crippen LogP contribution < -0.4 is 35.4 Å². The Labute approximate surface area is 386 Å². The molecule has 4 heterocycles. The van der Waals surface area contributed by atoms with E-state index < -0.39 is 0 Å². The number of hydrogen-bond donors (Lipinski definition) is 3. The number of rotatable bonds is 23. The first kappa shape index (κ1) is 48.1. The highest BCUT2D eigenvalue weighted by Gasteiger charge is 2.24. The van der Waals surface area contributed by atoms with Crippen LogP contribution in [0.15, 0.2) is 48.7 Å². The van der Waals surface area contributed by atoms with Crippen molar-refractivity contribution in [3.8, 4) is 11.8 Å². The molecule has 0 spiro atoms. The van der Waals surface area contributed by atoms with Crippen molar-refractivity contribution in [3.05, 3.63) is 69.9 Å². The number of halogens is 2. The largest absolute Gasteiger partial charge is 0.489 e. The van der Waals surface area contributed by atoms with Gasteiger partial charge in [-0.1, -0.05) is 35.1 Å². The van der Waals surface area contributed by atoms with Crippen LogP contribution in [0, 0.1) is 25.2 Å². The number of ether oxygens (including phenoxy) is 4. The van der Waals surface area contributed by atoms with Gasteiger partial charge in [-0.15, -0.1) is 11.6 Å². The number of alkyl halides is 1. The van der Waals surface area contributed by atoms with E-state index in [9.17, 15) is 14.4 Å². The van der Waals surface area contributed by atoms with Crippen LogP contribution in [0.4, 0.5) is 33.8 Å². The number of thiazole rings is 1. The van der Waals surface area contributed by atoms with E-state index in [1.165, 1.54) is 22.4 Å². The van der Waals surface area contributed by atoms with E-state index in [0.29, 0.717) is 103 Å². The zero-order valence-electron chi connectivity index (χ0n) is 35.9. The molecule has 0 radical (unpaired) electrons. The van der Waals surface area contributed by atoms with Crippen molar-refractivity contribution >= 4 is 86.1 Å². The van der Waals surface area contributed by atoms with Crippen LogP contribution in [0.5, 0.6) is 5.75 Å². The minimum Gasteiger partial charge on any atom is -0.489 e. The Morgan fingerprint density at radius 3 is 2.48 bits per heavy atom. The Morgan fingerprint density at radius 1 is 0.969 bits per heavy atom. The third-order valence-corrected chi connectivity index (χ3v) is 11.7. The molecule has 2 aromatic heterocycles. The maximum atomic E-state index is 12.9. The average Bonchev–Trinajstić information content (AvgIpc) is 3.76. The van der Waals surface area contributed by atoms with Crippen molar-refractivity contribution in [1.82, 2.24) is 25.2 Å². The summed E-state index contributed by atoms with van der Waals surface area (Å²) in [5.74, 6) is 1.68. The fourth-order valence-corrected chi connectivity index (χ4v) is 8.08. The number of benzene rings is 2. The van der Waals surface area contributed by atoms with Gasteiger partial charge < -0.3 is 49.6 Å². The van der Waals surface area contributed by atoms with E-state index in [1.54, 1.807) is 18.2 Å². The van der Waals surface area contributed by atoms with Gasteiger partial charge in [0.1, 0.15) is 40.6 Å². The fraction of sp³-hybridized carbons (Fsp3) is 0.465. The Bertz CT molecular complexity index is 2220. The molecule has 2 aromatic carbocycles. The number of nitrogens with one attached hydrogen (secondary N) is 3. The van der Waals surface area contributed by atoms with Gasteiger partial charge in [-0.25, -0.2) is 15.0 Å². The maximum absolute atomic E-state index is 12.9. The van der Waals surface area contributed by atoms with Crippen LogP contribution in [0.25, 0.3) is 0 Å². The van der Waals surface area contributed by atoms with Gasteiger partial charge in [0, 0.05) is 63.6 Å². The number of carbonyl (C=O) groups excluding carboxylic acids is 3. The number of hydrogen-bond acceptors (Lipinski definition) is 16. The van der Waals surface area contributed by atoms with Gasteiger partial charge in [0.25, 0.3) is 5.91 Å². The predicted molar refractivity (Wildman–Crippen MR) is 248 cm³/mol. The molecule has 18 nitrogen and oxygen atoms in total. The third-order valence-electron chi connectivity index (χ3n) is 10.2. The molecule has 0 atom stereocenters. The lowest BCUT2D eigenvalue weighted by atomic mass is 10.2. The van der Waals surface area contributed by atoms with Crippen LogP contribution in [0.2, 0.25) is 5.02 Å². The van der Waals surface area contributed by atoms with Gasteiger partial charge in [0.2, 0.25) is 11.8 Å². The normalized spacial score (nSPS) is 13.7. The Morgan fingerprint density at radius 2 is 1.73 bits per heavy atom. The summed E-state index contributed by atoms with van der Waals surface area (Å²) in [7, 11) is 0. The monoisotopic (exact) mass is 937 g/mol. The van der Waals surface area contributed by atoms with Crippen LogP contribution >= 0.6 is 34.5 Å². The van der Waals surface area contributed by atoms with E-state index in [-0.39, 0.29) is 43.1 Å². The summed E-state index contributed by atoms with van der Waals surface area (Å²) in [4.78, 5) is 60.0. The molecule has 2 aliphatic rings. The van der Waals surface area contributed by atoms with Crippen molar-refractivity contribution in [3.63, 3.8) is 0 Å². The molecule has 0 unspecified atom stereocenters. The Hall–Kier alpha value is -5.33. The van der Waals surface area contributed by atoms with Crippen molar-refractivity contribution in [1.29, 1.82) is 5.26 Å². The number of piperazine rings is 1. The summed E-state index contributed by atoms with van der Waals surface area (Å²) in [5.41, 5.74) is 2.79. The van der Waals surface area contributed by atoms with Gasteiger partial charge in [0.15, 0.2) is 5.13 Å². The molecule has 2 aliphatic heterocycles. The standard InChI is InChI=1S/C43H53Cl2N11O7S/c1-30-5-3-6-33(45)41(30)52-42(59)36-28-48-43(64-36)51-37-26-38(50-31(2)49-37)54-14-12-53(13-15-54)16-19-61-22-24-62-23-21-60-18-10-47-39(57)29-55-17-20-63-35-25-32(7-8-34(35)55)56(11-4-9-46)40(58)27-44/h3,5-8,25-26,28H,4,10-24,27,29H2,1-2H3,(H,47,57)(H,52,59)(H,48,49,50,51). The zero-order valence-corrected chi connectivity index (χ0v) is 38.3. The molecule has 0 aliphatic carbocycles. The Balaban J connectivity index is 0.792. The van der Waals surface area contributed by atoms with Gasteiger partial charge in [-0.2, -0.15) is 5.26 Å². The number of amides is 3. The summed E-state index contributed by atoms with van der Waals surface area (Å²) in [6.45, 7) is 12.3. The topological polar surface area (TPSA) is 200 Å². The smallest absolute Gasteiger partial charge is 0.267 e. The molecule has 64 heavy (non-hydrogen) atoms. The van der Waals surface area contributed by atoms with Gasteiger partial charge in [-0.05, 0) is 37.6 Å². The summed E-state index contributed by atoms with van der Waals surface area (Å²) < 4.78 is 22.9. The summed E-state index contributed by atoms with van der Waals surface area (Å²) >= 11 is 13.3. The summed E-state index contributed by atoms with van der Waals surface area (Å²) in [6.07, 6.45) is 1.70. The van der Waals surface area contributed by atoms with E-state index in [4.69, 9.17) is 47.4 Å². The van der Waals surface area contributed by atoms with Gasteiger partial charge in [0.05, 0.1) is 87.8 Å². The minimum atomic E-state index is -0.303. The lowest BCUT2D eigenvalue weighted by Gasteiger charge is -2.35. The van der Waals surface area contributed by atoms with E-state index >= 15 is 0 Å². The highest BCUT2D eigenvalue weighted by molar-refractivity contribution is 7.17. The number of fused-ring (bicyclic) bond motifs is 1. The maximum Gasteiger partial charge on any atom is 0.267 e. The number of nitrogens with zero attached hydrogens (tertiary/aromatic N) is 8. The quantitative estimate of drug-likeness (QED) is 0.0672.